The van der Waals surface area contributed by atoms with Crippen molar-refractivity contribution < 1.29 is 0 Å². The summed E-state index contributed by atoms with van der Waals surface area (Å²) in [4.78, 5) is 1.43. The zero-order valence-electron chi connectivity index (χ0n) is 10.4. The van der Waals surface area contributed by atoms with Gasteiger partial charge in [0.2, 0.25) is 0 Å². The van der Waals surface area contributed by atoms with E-state index in [0.29, 0.717) is 0 Å². The number of alkyl halides is 2. The highest BCUT2D eigenvalue weighted by Crippen LogP contribution is 2.35. The van der Waals surface area contributed by atoms with Gasteiger partial charge in [-0.1, -0.05) is 62.2 Å². The molecule has 0 aliphatic heterocycles. The van der Waals surface area contributed by atoms with Crippen LogP contribution in [0.2, 0.25) is 0 Å². The molecule has 1 aromatic heterocycles. The molecule has 0 saturated carbocycles. The summed E-state index contributed by atoms with van der Waals surface area (Å²) < 4.78 is 1.19. The molecular weight excluding hydrogens is 452 g/mol. The number of rotatable bonds is 6. The van der Waals surface area contributed by atoms with Gasteiger partial charge >= 0.3 is 0 Å². The van der Waals surface area contributed by atoms with Crippen molar-refractivity contribution in [2.75, 3.05) is 10.7 Å². The van der Waals surface area contributed by atoms with Crippen molar-refractivity contribution in [2.24, 2.45) is 5.41 Å². The fourth-order valence-electron chi connectivity index (χ4n) is 2.13. The minimum absolute atomic E-state index is 0.228. The highest BCUT2D eigenvalue weighted by Gasteiger charge is 2.29. The summed E-state index contributed by atoms with van der Waals surface area (Å²) in [5.41, 5.74) is 1.63. The van der Waals surface area contributed by atoms with Crippen molar-refractivity contribution in [3.63, 3.8) is 0 Å². The predicted octanol–water partition coefficient (Wildman–Crippen LogP) is 6.07. The van der Waals surface area contributed by atoms with Crippen LogP contribution in [0, 0.1) is 5.41 Å². The standard InChI is InChI=1S/C15H15Br3S/c16-10-15(11-17,7-12-4-2-1-3-5-12)8-14-6-13(18)9-19-14/h1-6,9H,7-8,10-11H2. The molecular formula is C15H15Br3S. The maximum atomic E-state index is 3.72. The summed E-state index contributed by atoms with van der Waals surface area (Å²) in [6, 6.07) is 13.0. The molecule has 2 rings (SSSR count). The molecule has 1 heterocycles. The number of halogens is 3. The predicted molar refractivity (Wildman–Crippen MR) is 95.9 cm³/mol. The first-order valence-electron chi connectivity index (χ1n) is 6.06. The summed E-state index contributed by atoms with van der Waals surface area (Å²) in [6.07, 6.45) is 2.18. The highest BCUT2D eigenvalue weighted by molar-refractivity contribution is 9.10. The highest BCUT2D eigenvalue weighted by atomic mass is 79.9. The maximum absolute atomic E-state index is 3.72. The topological polar surface area (TPSA) is 0 Å². The molecule has 0 saturated heterocycles. The summed E-state index contributed by atoms with van der Waals surface area (Å²) in [7, 11) is 0. The van der Waals surface area contributed by atoms with Crippen LogP contribution in [0.3, 0.4) is 0 Å². The summed E-state index contributed by atoms with van der Waals surface area (Å²) in [6.45, 7) is 0. The molecule has 0 aliphatic carbocycles. The van der Waals surface area contributed by atoms with Gasteiger partial charge in [0.25, 0.3) is 0 Å². The van der Waals surface area contributed by atoms with E-state index < -0.39 is 0 Å². The number of thiophene rings is 1. The SMILES string of the molecule is BrCC(CBr)(Cc1ccccc1)Cc1cc(Br)cs1. The number of hydrogen-bond acceptors (Lipinski definition) is 1. The quantitative estimate of drug-likeness (QED) is 0.453. The molecule has 1 aromatic carbocycles. The second-order valence-electron chi connectivity index (χ2n) is 4.84. The zero-order valence-corrected chi connectivity index (χ0v) is 16.0. The van der Waals surface area contributed by atoms with E-state index in [9.17, 15) is 0 Å². The molecule has 2 aromatic rings. The van der Waals surface area contributed by atoms with E-state index in [-0.39, 0.29) is 5.41 Å². The lowest BCUT2D eigenvalue weighted by Crippen LogP contribution is -2.30. The lowest BCUT2D eigenvalue weighted by atomic mass is 9.82. The van der Waals surface area contributed by atoms with E-state index in [1.807, 2.05) is 11.3 Å². The average molecular weight is 467 g/mol. The molecule has 0 fully saturated rings. The van der Waals surface area contributed by atoms with Gasteiger partial charge in [-0.05, 0) is 45.8 Å². The van der Waals surface area contributed by atoms with Gasteiger partial charge in [0, 0.05) is 25.4 Å². The van der Waals surface area contributed by atoms with Gasteiger partial charge < -0.3 is 0 Å². The van der Waals surface area contributed by atoms with Gasteiger partial charge in [-0.25, -0.2) is 0 Å². The Labute approximate surface area is 144 Å². The normalized spacial score (nSPS) is 11.7. The van der Waals surface area contributed by atoms with Crippen molar-refractivity contribution in [1.82, 2.24) is 0 Å². The smallest absolute Gasteiger partial charge is 0.0285 e. The zero-order chi connectivity index (χ0) is 13.7. The fourth-order valence-corrected chi connectivity index (χ4v) is 5.48. The molecule has 102 valence electrons. The summed E-state index contributed by atoms with van der Waals surface area (Å²) in [5.74, 6) is 0. The molecule has 0 radical (unpaired) electrons. The molecule has 19 heavy (non-hydrogen) atoms. The Morgan fingerprint density at radius 3 is 2.21 bits per heavy atom. The Balaban J connectivity index is 2.17. The molecule has 0 bridgehead atoms. The molecule has 0 unspecified atom stereocenters. The van der Waals surface area contributed by atoms with E-state index in [4.69, 9.17) is 0 Å². The Kier molecular flexibility index (Phi) is 6.12. The van der Waals surface area contributed by atoms with Gasteiger partial charge in [0.1, 0.15) is 0 Å². The molecule has 0 amide bonds. The monoisotopic (exact) mass is 464 g/mol. The minimum atomic E-state index is 0.228. The van der Waals surface area contributed by atoms with E-state index in [2.05, 4.69) is 89.6 Å². The van der Waals surface area contributed by atoms with Crippen molar-refractivity contribution in [1.29, 1.82) is 0 Å². The van der Waals surface area contributed by atoms with Crippen molar-refractivity contribution in [3.8, 4) is 0 Å². The van der Waals surface area contributed by atoms with Gasteiger partial charge in [0.15, 0.2) is 0 Å². The van der Waals surface area contributed by atoms with E-state index in [0.717, 1.165) is 23.5 Å². The first-order valence-corrected chi connectivity index (χ1v) is 9.98. The molecule has 0 N–H and O–H groups in total. The van der Waals surface area contributed by atoms with Crippen LogP contribution in [0.5, 0.6) is 0 Å². The van der Waals surface area contributed by atoms with Crippen molar-refractivity contribution in [3.05, 3.63) is 56.7 Å². The minimum Gasteiger partial charge on any atom is -0.148 e. The fraction of sp³-hybridized carbons (Fsp3) is 0.333. The lowest BCUT2D eigenvalue weighted by molar-refractivity contribution is 0.389. The van der Waals surface area contributed by atoms with Crippen molar-refractivity contribution in [2.45, 2.75) is 12.8 Å². The van der Waals surface area contributed by atoms with Crippen LogP contribution in [0.1, 0.15) is 10.4 Å². The van der Waals surface area contributed by atoms with Crippen LogP contribution < -0.4 is 0 Å². The van der Waals surface area contributed by atoms with Gasteiger partial charge in [-0.2, -0.15) is 0 Å². The Morgan fingerprint density at radius 1 is 1.00 bits per heavy atom. The molecule has 0 nitrogen and oxygen atoms in total. The average Bonchev–Trinajstić information content (AvgIpc) is 2.84. The third-order valence-electron chi connectivity index (χ3n) is 3.16. The van der Waals surface area contributed by atoms with Gasteiger partial charge in [-0.15, -0.1) is 11.3 Å². The lowest BCUT2D eigenvalue weighted by Gasteiger charge is -2.30. The first kappa shape index (κ1) is 15.7. The summed E-state index contributed by atoms with van der Waals surface area (Å²) >= 11 is 12.8. The summed E-state index contributed by atoms with van der Waals surface area (Å²) in [5, 5.41) is 4.15. The maximum Gasteiger partial charge on any atom is 0.0285 e. The molecule has 0 atom stereocenters. The molecule has 0 spiro atoms. The van der Waals surface area contributed by atoms with Crippen LogP contribution in [-0.2, 0) is 12.8 Å². The van der Waals surface area contributed by atoms with E-state index >= 15 is 0 Å². The number of hydrogen-bond donors (Lipinski definition) is 0. The number of benzene rings is 1. The Bertz CT molecular complexity index is 503. The van der Waals surface area contributed by atoms with E-state index in [1.165, 1.54) is 14.9 Å². The second kappa shape index (κ2) is 7.39. The van der Waals surface area contributed by atoms with Gasteiger partial charge in [-0.3, -0.25) is 0 Å². The van der Waals surface area contributed by atoms with Crippen LogP contribution in [0.4, 0.5) is 0 Å². The largest absolute Gasteiger partial charge is 0.148 e. The van der Waals surface area contributed by atoms with E-state index in [1.54, 1.807) is 0 Å². The Hall–Kier alpha value is 0.360. The van der Waals surface area contributed by atoms with Crippen molar-refractivity contribution >= 4 is 59.1 Å². The molecule has 0 aliphatic rings. The third kappa shape index (κ3) is 4.42. The van der Waals surface area contributed by atoms with Gasteiger partial charge in [0.05, 0.1) is 0 Å². The Morgan fingerprint density at radius 2 is 1.68 bits per heavy atom. The van der Waals surface area contributed by atoms with Crippen LogP contribution >= 0.6 is 59.1 Å². The van der Waals surface area contributed by atoms with Crippen LogP contribution in [0.15, 0.2) is 46.3 Å². The third-order valence-corrected chi connectivity index (χ3v) is 7.24. The van der Waals surface area contributed by atoms with Crippen LogP contribution in [0.25, 0.3) is 0 Å². The first-order chi connectivity index (χ1) is 9.17. The van der Waals surface area contributed by atoms with Crippen LogP contribution in [-0.4, -0.2) is 10.7 Å². The second-order valence-corrected chi connectivity index (χ2v) is 7.87. The molecule has 4 heteroatoms.